The van der Waals surface area contributed by atoms with Gasteiger partial charge in [-0.15, -0.1) is 0 Å². The predicted molar refractivity (Wildman–Crippen MR) is 120 cm³/mol. The number of anilines is 1. The number of aryl methyl sites for hydroxylation is 1. The summed E-state index contributed by atoms with van der Waals surface area (Å²) in [5.41, 5.74) is 5.15. The first kappa shape index (κ1) is 19.1. The van der Waals surface area contributed by atoms with Gasteiger partial charge in [0.2, 0.25) is 0 Å². The van der Waals surface area contributed by atoms with Gasteiger partial charge >= 0.3 is 0 Å². The van der Waals surface area contributed by atoms with E-state index in [-0.39, 0.29) is 5.91 Å². The van der Waals surface area contributed by atoms with Gasteiger partial charge in [0.15, 0.2) is 5.17 Å². The summed E-state index contributed by atoms with van der Waals surface area (Å²) in [6, 6.07) is 12.0. The summed E-state index contributed by atoms with van der Waals surface area (Å²) in [5.74, 6) is -0.119. The maximum Gasteiger partial charge on any atom is 0.264 e. The van der Waals surface area contributed by atoms with Gasteiger partial charge in [-0.05, 0) is 85.5 Å². The normalized spacial score (nSPS) is 19.7. The molecule has 0 aliphatic carbocycles. The van der Waals surface area contributed by atoms with Gasteiger partial charge in [-0.3, -0.25) is 4.79 Å². The second kappa shape index (κ2) is 8.02. The standard InChI is InChI=1S/C22H22ClN3OS/c1-14-12-17(26-10-3-4-11-26)9-8-16(14)13-20-21(27)25-22(28-20)24-19-7-5-6-18(23)15(19)2/h5-9,12-13H,3-4,10-11H2,1-2H3,(H,24,25,27)/b20-13-. The van der Waals surface area contributed by atoms with Crippen LogP contribution in [0.1, 0.15) is 29.5 Å². The largest absolute Gasteiger partial charge is 0.372 e. The van der Waals surface area contributed by atoms with E-state index in [9.17, 15) is 4.79 Å². The molecule has 28 heavy (non-hydrogen) atoms. The van der Waals surface area contributed by atoms with Crippen molar-refractivity contribution in [3.05, 3.63) is 63.0 Å². The van der Waals surface area contributed by atoms with E-state index in [0.717, 1.165) is 29.9 Å². The smallest absolute Gasteiger partial charge is 0.264 e. The molecule has 2 saturated heterocycles. The average Bonchev–Trinajstić information content (AvgIpc) is 3.31. The SMILES string of the molecule is Cc1cc(N2CCCC2)ccc1/C=C1\SC(=Nc2cccc(Cl)c2C)NC1=O. The molecule has 1 N–H and O–H groups in total. The van der Waals surface area contributed by atoms with Gasteiger partial charge < -0.3 is 10.2 Å². The first-order valence-corrected chi connectivity index (χ1v) is 10.6. The van der Waals surface area contributed by atoms with Crippen molar-refractivity contribution in [2.75, 3.05) is 18.0 Å². The first-order valence-electron chi connectivity index (χ1n) is 9.41. The first-order chi connectivity index (χ1) is 13.5. The van der Waals surface area contributed by atoms with E-state index < -0.39 is 0 Å². The molecule has 0 atom stereocenters. The molecule has 2 fully saturated rings. The molecule has 2 aromatic carbocycles. The van der Waals surface area contributed by atoms with Crippen LogP contribution in [-0.4, -0.2) is 24.2 Å². The molecule has 2 aliphatic heterocycles. The van der Waals surface area contributed by atoms with E-state index in [1.54, 1.807) is 0 Å². The van der Waals surface area contributed by atoms with Crippen LogP contribution in [0.5, 0.6) is 0 Å². The Morgan fingerprint density at radius 3 is 2.71 bits per heavy atom. The number of hydrogen-bond acceptors (Lipinski definition) is 4. The number of amidine groups is 1. The van der Waals surface area contributed by atoms with Gasteiger partial charge in [0.05, 0.1) is 10.6 Å². The second-order valence-electron chi connectivity index (χ2n) is 7.10. The van der Waals surface area contributed by atoms with Crippen LogP contribution >= 0.6 is 23.4 Å². The van der Waals surface area contributed by atoms with Crippen LogP contribution in [0.2, 0.25) is 5.02 Å². The third-order valence-corrected chi connectivity index (χ3v) is 6.44. The molecule has 2 aliphatic rings. The van der Waals surface area contributed by atoms with Gasteiger partial charge in [0.25, 0.3) is 5.91 Å². The molecule has 144 valence electrons. The number of nitrogens with zero attached hydrogens (tertiary/aromatic N) is 2. The molecule has 0 bridgehead atoms. The Morgan fingerprint density at radius 2 is 1.96 bits per heavy atom. The Balaban J connectivity index is 1.56. The van der Waals surface area contributed by atoms with Crippen molar-refractivity contribution >= 4 is 51.9 Å². The summed E-state index contributed by atoms with van der Waals surface area (Å²) >= 11 is 7.52. The number of carbonyl (C=O) groups excluding carboxylic acids is 1. The van der Waals surface area contributed by atoms with Crippen molar-refractivity contribution in [2.45, 2.75) is 26.7 Å². The quantitative estimate of drug-likeness (QED) is 0.683. The molecule has 6 heteroatoms. The van der Waals surface area contributed by atoms with Gasteiger partial charge in [-0.2, -0.15) is 0 Å². The Morgan fingerprint density at radius 1 is 1.18 bits per heavy atom. The molecule has 0 unspecified atom stereocenters. The van der Waals surface area contributed by atoms with Crippen LogP contribution in [0.15, 0.2) is 46.3 Å². The summed E-state index contributed by atoms with van der Waals surface area (Å²) < 4.78 is 0. The van der Waals surface area contributed by atoms with E-state index in [0.29, 0.717) is 15.1 Å². The molecule has 0 aromatic heterocycles. The third kappa shape index (κ3) is 3.96. The van der Waals surface area contributed by atoms with Crippen LogP contribution in [0, 0.1) is 13.8 Å². The number of thioether (sulfide) groups is 1. The number of amides is 1. The van der Waals surface area contributed by atoms with Crippen LogP contribution in [-0.2, 0) is 4.79 Å². The lowest BCUT2D eigenvalue weighted by Gasteiger charge is -2.18. The summed E-state index contributed by atoms with van der Waals surface area (Å²) in [7, 11) is 0. The number of halogens is 1. The zero-order valence-corrected chi connectivity index (χ0v) is 17.5. The molecule has 4 rings (SSSR count). The molecule has 4 nitrogen and oxygen atoms in total. The van der Waals surface area contributed by atoms with Gasteiger partial charge in [-0.25, -0.2) is 4.99 Å². The predicted octanol–water partition coefficient (Wildman–Crippen LogP) is 5.45. The zero-order valence-electron chi connectivity index (χ0n) is 16.0. The van der Waals surface area contributed by atoms with E-state index in [2.05, 4.69) is 40.3 Å². The van der Waals surface area contributed by atoms with Gasteiger partial charge in [0, 0.05) is 23.8 Å². The lowest BCUT2D eigenvalue weighted by Crippen LogP contribution is -2.19. The van der Waals surface area contributed by atoms with Crippen molar-refractivity contribution < 1.29 is 4.79 Å². The zero-order chi connectivity index (χ0) is 19.7. The Labute approximate surface area is 174 Å². The van der Waals surface area contributed by atoms with E-state index in [4.69, 9.17) is 11.6 Å². The number of nitrogens with one attached hydrogen (secondary N) is 1. The fourth-order valence-corrected chi connectivity index (χ4v) is 4.44. The summed E-state index contributed by atoms with van der Waals surface area (Å²) in [4.78, 5) is 20.0. The molecule has 2 heterocycles. The van der Waals surface area contributed by atoms with Crippen molar-refractivity contribution in [3.8, 4) is 0 Å². The number of benzene rings is 2. The minimum atomic E-state index is -0.119. The second-order valence-corrected chi connectivity index (χ2v) is 8.54. The Kier molecular flexibility index (Phi) is 5.47. The molecule has 2 aromatic rings. The van der Waals surface area contributed by atoms with Gasteiger partial charge in [0.1, 0.15) is 0 Å². The van der Waals surface area contributed by atoms with Gasteiger partial charge in [-0.1, -0.05) is 23.7 Å². The highest BCUT2D eigenvalue weighted by Gasteiger charge is 2.24. The average molecular weight is 412 g/mol. The summed E-state index contributed by atoms with van der Waals surface area (Å²) in [5, 5.41) is 4.09. The number of carbonyl (C=O) groups is 1. The molecule has 0 saturated carbocycles. The van der Waals surface area contributed by atoms with Crippen LogP contribution < -0.4 is 10.2 Å². The molecule has 0 radical (unpaired) electrons. The van der Waals surface area contributed by atoms with E-state index >= 15 is 0 Å². The van der Waals surface area contributed by atoms with Crippen LogP contribution in [0.3, 0.4) is 0 Å². The van der Waals surface area contributed by atoms with E-state index in [1.165, 1.54) is 35.9 Å². The maximum atomic E-state index is 12.4. The Hall–Kier alpha value is -2.24. The molecule has 1 amide bonds. The van der Waals surface area contributed by atoms with Crippen molar-refractivity contribution in [2.24, 2.45) is 4.99 Å². The fourth-order valence-electron chi connectivity index (χ4n) is 3.44. The number of hydrogen-bond donors (Lipinski definition) is 1. The minimum absolute atomic E-state index is 0.119. The highest BCUT2D eigenvalue weighted by molar-refractivity contribution is 8.18. The van der Waals surface area contributed by atoms with Crippen molar-refractivity contribution in [3.63, 3.8) is 0 Å². The molecular formula is C22H22ClN3OS. The van der Waals surface area contributed by atoms with E-state index in [1.807, 2.05) is 31.2 Å². The molecular weight excluding hydrogens is 390 g/mol. The highest BCUT2D eigenvalue weighted by atomic mass is 35.5. The number of rotatable bonds is 3. The minimum Gasteiger partial charge on any atom is -0.372 e. The van der Waals surface area contributed by atoms with Crippen LogP contribution in [0.25, 0.3) is 6.08 Å². The lowest BCUT2D eigenvalue weighted by molar-refractivity contribution is -0.115. The van der Waals surface area contributed by atoms with Crippen LogP contribution in [0.4, 0.5) is 11.4 Å². The monoisotopic (exact) mass is 411 g/mol. The summed E-state index contributed by atoms with van der Waals surface area (Å²) in [6.45, 7) is 6.26. The van der Waals surface area contributed by atoms with Crippen molar-refractivity contribution in [1.82, 2.24) is 5.32 Å². The topological polar surface area (TPSA) is 44.7 Å². The summed E-state index contributed by atoms with van der Waals surface area (Å²) in [6.07, 6.45) is 4.46. The number of aliphatic imine (C=N–C) groups is 1. The Bertz CT molecular complexity index is 993. The van der Waals surface area contributed by atoms with Crippen molar-refractivity contribution in [1.29, 1.82) is 0 Å². The fraction of sp³-hybridized carbons (Fsp3) is 0.273. The highest BCUT2D eigenvalue weighted by Crippen LogP contribution is 2.32. The maximum absolute atomic E-state index is 12.4. The molecule has 0 spiro atoms. The third-order valence-electron chi connectivity index (χ3n) is 5.12. The lowest BCUT2D eigenvalue weighted by atomic mass is 10.1.